The molecule has 5 heteroatoms. The van der Waals surface area contributed by atoms with Crippen LogP contribution in [-0.2, 0) is 11.3 Å². The van der Waals surface area contributed by atoms with Crippen molar-refractivity contribution in [3.05, 3.63) is 35.6 Å². The number of amides is 1. The Balaban J connectivity index is 0.00000220. The second kappa shape index (κ2) is 8.35. The molecule has 1 aromatic rings. The van der Waals surface area contributed by atoms with Gasteiger partial charge >= 0.3 is 0 Å². The minimum absolute atomic E-state index is 0. The van der Waals surface area contributed by atoms with Crippen molar-refractivity contribution in [3.8, 4) is 0 Å². The second-order valence-electron chi connectivity index (χ2n) is 5.79. The summed E-state index contributed by atoms with van der Waals surface area (Å²) in [4.78, 5) is 13.9. The van der Waals surface area contributed by atoms with Crippen LogP contribution in [0.2, 0.25) is 0 Å². The van der Waals surface area contributed by atoms with Crippen molar-refractivity contribution in [1.82, 2.24) is 4.90 Å². The molecule has 0 saturated heterocycles. The molecule has 2 rings (SSSR count). The van der Waals surface area contributed by atoms with E-state index in [1.165, 1.54) is 25.0 Å². The molecule has 2 atom stereocenters. The van der Waals surface area contributed by atoms with Gasteiger partial charge in [-0.2, -0.15) is 0 Å². The molecule has 0 aromatic heterocycles. The average Bonchev–Trinajstić information content (AvgIpc) is 2.44. The topological polar surface area (TPSA) is 46.3 Å². The average molecular weight is 315 g/mol. The largest absolute Gasteiger partial charge is 0.341 e. The molecule has 1 aliphatic carbocycles. The molecule has 1 amide bonds. The number of carbonyl (C=O) groups is 1. The maximum Gasteiger partial charge on any atom is 0.222 e. The molecule has 1 aromatic carbocycles. The highest BCUT2D eigenvalue weighted by Crippen LogP contribution is 2.26. The van der Waals surface area contributed by atoms with Gasteiger partial charge in [0.25, 0.3) is 0 Å². The van der Waals surface area contributed by atoms with Gasteiger partial charge in [0.05, 0.1) is 0 Å². The van der Waals surface area contributed by atoms with E-state index in [4.69, 9.17) is 5.73 Å². The highest BCUT2D eigenvalue weighted by Gasteiger charge is 2.25. The van der Waals surface area contributed by atoms with E-state index in [-0.39, 0.29) is 30.2 Å². The first-order valence-electron chi connectivity index (χ1n) is 7.30. The minimum Gasteiger partial charge on any atom is -0.341 e. The third-order valence-corrected chi connectivity index (χ3v) is 4.16. The Morgan fingerprint density at radius 3 is 2.52 bits per heavy atom. The molecule has 3 nitrogen and oxygen atoms in total. The fourth-order valence-electron chi connectivity index (χ4n) is 2.82. The monoisotopic (exact) mass is 314 g/mol. The van der Waals surface area contributed by atoms with Crippen LogP contribution in [0.5, 0.6) is 0 Å². The van der Waals surface area contributed by atoms with Crippen molar-refractivity contribution in [1.29, 1.82) is 0 Å². The van der Waals surface area contributed by atoms with Crippen molar-refractivity contribution < 1.29 is 9.18 Å². The molecule has 118 valence electrons. The van der Waals surface area contributed by atoms with Gasteiger partial charge in [0.2, 0.25) is 5.91 Å². The van der Waals surface area contributed by atoms with Gasteiger partial charge in [-0.3, -0.25) is 4.79 Å². The number of benzene rings is 1. The maximum absolute atomic E-state index is 12.8. The number of hydrogen-bond donors (Lipinski definition) is 1. The van der Waals surface area contributed by atoms with E-state index in [0.717, 1.165) is 18.4 Å². The van der Waals surface area contributed by atoms with Crippen LogP contribution in [0.3, 0.4) is 0 Å². The minimum atomic E-state index is -0.254. The molecule has 1 aliphatic rings. The molecule has 1 saturated carbocycles. The van der Waals surface area contributed by atoms with Crippen LogP contribution in [0.25, 0.3) is 0 Å². The molecule has 0 spiro atoms. The molecular formula is C16H24ClFN2O. The van der Waals surface area contributed by atoms with Crippen molar-refractivity contribution >= 4 is 18.3 Å². The summed E-state index contributed by atoms with van der Waals surface area (Å²) in [5.41, 5.74) is 7.02. The lowest BCUT2D eigenvalue weighted by atomic mass is 9.83. The van der Waals surface area contributed by atoms with Crippen molar-refractivity contribution in [2.45, 2.75) is 44.7 Å². The lowest BCUT2D eigenvalue weighted by Gasteiger charge is -2.29. The van der Waals surface area contributed by atoms with Gasteiger partial charge in [-0.1, -0.05) is 25.0 Å². The van der Waals surface area contributed by atoms with E-state index in [9.17, 15) is 9.18 Å². The molecule has 2 N–H and O–H groups in total. The predicted molar refractivity (Wildman–Crippen MR) is 84.7 cm³/mol. The van der Waals surface area contributed by atoms with Crippen LogP contribution in [0.1, 0.15) is 37.7 Å². The molecule has 0 bridgehead atoms. The number of hydrogen-bond acceptors (Lipinski definition) is 2. The number of carbonyl (C=O) groups excluding carboxylic acids is 1. The lowest BCUT2D eigenvalue weighted by Crippen LogP contribution is -2.37. The first-order valence-corrected chi connectivity index (χ1v) is 7.30. The predicted octanol–water partition coefficient (Wildman–Crippen LogP) is 3.11. The third-order valence-electron chi connectivity index (χ3n) is 4.16. The van der Waals surface area contributed by atoms with Gasteiger partial charge in [0, 0.05) is 26.1 Å². The summed E-state index contributed by atoms with van der Waals surface area (Å²) in [5.74, 6) is 0.180. The van der Waals surface area contributed by atoms with E-state index in [2.05, 4.69) is 0 Å². The quantitative estimate of drug-likeness (QED) is 0.928. The molecule has 0 aliphatic heterocycles. The Bertz CT molecular complexity index is 452. The first-order chi connectivity index (χ1) is 9.56. The van der Waals surface area contributed by atoms with Crippen molar-refractivity contribution in [3.63, 3.8) is 0 Å². The van der Waals surface area contributed by atoms with Gasteiger partial charge in [0.15, 0.2) is 0 Å². The van der Waals surface area contributed by atoms with Crippen LogP contribution < -0.4 is 5.73 Å². The summed E-state index contributed by atoms with van der Waals surface area (Å²) in [7, 11) is 1.79. The van der Waals surface area contributed by atoms with Crippen LogP contribution >= 0.6 is 12.4 Å². The second-order valence-corrected chi connectivity index (χ2v) is 5.79. The molecule has 1 fully saturated rings. The molecule has 0 heterocycles. The summed E-state index contributed by atoms with van der Waals surface area (Å²) in [6.45, 7) is 0.515. The molecule has 21 heavy (non-hydrogen) atoms. The maximum atomic E-state index is 12.8. The zero-order chi connectivity index (χ0) is 14.5. The number of nitrogens with zero attached hydrogens (tertiary/aromatic N) is 1. The third kappa shape index (κ3) is 5.29. The van der Waals surface area contributed by atoms with E-state index >= 15 is 0 Å². The van der Waals surface area contributed by atoms with Crippen LogP contribution in [0, 0.1) is 11.7 Å². The number of halogens is 2. The highest BCUT2D eigenvalue weighted by molar-refractivity contribution is 5.85. The van der Waals surface area contributed by atoms with Gasteiger partial charge in [-0.15, -0.1) is 12.4 Å². The highest BCUT2D eigenvalue weighted by atomic mass is 35.5. The van der Waals surface area contributed by atoms with Gasteiger partial charge in [0.1, 0.15) is 5.82 Å². The first kappa shape index (κ1) is 17.9. The van der Waals surface area contributed by atoms with Crippen LogP contribution in [0.4, 0.5) is 4.39 Å². The summed E-state index contributed by atoms with van der Waals surface area (Å²) in [5, 5.41) is 0. The fourth-order valence-corrected chi connectivity index (χ4v) is 2.82. The SMILES string of the molecule is CN(Cc1ccc(F)cc1)C(=O)CC1CCCCC1N.Cl. The Morgan fingerprint density at radius 2 is 1.90 bits per heavy atom. The summed E-state index contributed by atoms with van der Waals surface area (Å²) >= 11 is 0. The Kier molecular flexibility index (Phi) is 7.12. The van der Waals surface area contributed by atoms with Crippen molar-refractivity contribution in [2.24, 2.45) is 11.7 Å². The normalized spacial score (nSPS) is 21.5. The smallest absolute Gasteiger partial charge is 0.222 e. The summed E-state index contributed by atoms with van der Waals surface area (Å²) in [6, 6.07) is 6.43. The Morgan fingerprint density at radius 1 is 1.29 bits per heavy atom. The van der Waals surface area contributed by atoms with E-state index in [1.807, 2.05) is 0 Å². The van der Waals surface area contributed by atoms with E-state index < -0.39 is 0 Å². The number of nitrogens with two attached hydrogens (primary N) is 1. The lowest BCUT2D eigenvalue weighted by molar-refractivity contribution is -0.131. The fraction of sp³-hybridized carbons (Fsp3) is 0.562. The van der Waals surface area contributed by atoms with Crippen molar-refractivity contribution in [2.75, 3.05) is 7.05 Å². The van der Waals surface area contributed by atoms with Crippen LogP contribution in [0.15, 0.2) is 24.3 Å². The molecule has 0 radical (unpaired) electrons. The molecule has 2 unspecified atom stereocenters. The van der Waals surface area contributed by atoms with Gasteiger partial charge < -0.3 is 10.6 Å². The Labute approximate surface area is 132 Å². The van der Waals surface area contributed by atoms with E-state index in [0.29, 0.717) is 18.9 Å². The van der Waals surface area contributed by atoms with Gasteiger partial charge in [-0.05, 0) is 36.5 Å². The number of rotatable bonds is 4. The standard InChI is InChI=1S/C16H23FN2O.ClH/c1-19(11-12-6-8-14(17)9-7-12)16(20)10-13-4-2-3-5-15(13)18;/h6-9,13,15H,2-5,10-11,18H2,1H3;1H. The summed E-state index contributed by atoms with van der Waals surface area (Å²) in [6.07, 6.45) is 4.96. The molecular weight excluding hydrogens is 291 g/mol. The van der Waals surface area contributed by atoms with E-state index in [1.54, 1.807) is 24.1 Å². The zero-order valence-corrected chi connectivity index (χ0v) is 13.2. The Hall–Kier alpha value is -1.13. The van der Waals surface area contributed by atoms with Gasteiger partial charge in [-0.25, -0.2) is 4.39 Å². The zero-order valence-electron chi connectivity index (χ0n) is 12.4. The van der Waals surface area contributed by atoms with Crippen LogP contribution in [-0.4, -0.2) is 23.9 Å². The summed E-state index contributed by atoms with van der Waals surface area (Å²) < 4.78 is 12.8.